The Labute approximate surface area is 113 Å². The molecular weight excluding hydrogens is 244 g/mol. The van der Waals surface area contributed by atoms with Gasteiger partial charge in [0.15, 0.2) is 0 Å². The average molecular weight is 261 g/mol. The molecule has 1 aromatic carbocycles. The third-order valence-corrected chi connectivity index (χ3v) is 4.19. The summed E-state index contributed by atoms with van der Waals surface area (Å²) in [5, 5.41) is 1.46. The van der Waals surface area contributed by atoms with Gasteiger partial charge in [-0.1, -0.05) is 11.6 Å². The van der Waals surface area contributed by atoms with Gasteiger partial charge in [-0.2, -0.15) is 0 Å². The summed E-state index contributed by atoms with van der Waals surface area (Å²) in [7, 11) is 0. The molecule has 18 heavy (non-hydrogen) atoms. The van der Waals surface area contributed by atoms with Crippen LogP contribution in [0, 0.1) is 6.92 Å². The third-order valence-electron chi connectivity index (χ3n) is 4.19. The summed E-state index contributed by atoms with van der Waals surface area (Å²) in [5.41, 5.74) is 5.84. The van der Waals surface area contributed by atoms with Gasteiger partial charge in [0, 0.05) is 23.5 Å². The van der Waals surface area contributed by atoms with E-state index in [2.05, 4.69) is 34.7 Å². The highest BCUT2D eigenvalue weighted by Crippen LogP contribution is 2.39. The summed E-state index contributed by atoms with van der Waals surface area (Å²) in [5.74, 6) is 0.663. The van der Waals surface area contributed by atoms with Crippen LogP contribution >= 0.6 is 12.4 Å². The molecule has 1 unspecified atom stereocenters. The predicted molar refractivity (Wildman–Crippen MR) is 78.4 cm³/mol. The quantitative estimate of drug-likeness (QED) is 0.688. The Bertz CT molecular complexity index is 639. The minimum Gasteiger partial charge on any atom is -0.304 e. The molecular formula is C15H17ClN2. The summed E-state index contributed by atoms with van der Waals surface area (Å²) in [4.78, 5) is 4.53. The Balaban J connectivity index is 0.000001000. The van der Waals surface area contributed by atoms with Gasteiger partial charge in [0.2, 0.25) is 0 Å². The van der Waals surface area contributed by atoms with Gasteiger partial charge in [-0.25, -0.2) is 0 Å². The molecule has 0 N–H and O–H groups in total. The first-order chi connectivity index (χ1) is 8.34. The van der Waals surface area contributed by atoms with Gasteiger partial charge in [0.05, 0.1) is 11.9 Å². The van der Waals surface area contributed by atoms with Crippen molar-refractivity contribution in [2.75, 3.05) is 6.54 Å². The van der Waals surface area contributed by atoms with E-state index in [0.717, 1.165) is 6.54 Å². The maximum atomic E-state index is 4.53. The van der Waals surface area contributed by atoms with Crippen LogP contribution < -0.4 is 0 Å². The number of aryl methyl sites for hydroxylation is 2. The molecule has 1 aliphatic carbocycles. The van der Waals surface area contributed by atoms with Crippen molar-refractivity contribution in [3.8, 4) is 0 Å². The van der Waals surface area contributed by atoms with Crippen molar-refractivity contribution in [3.63, 3.8) is 0 Å². The van der Waals surface area contributed by atoms with E-state index in [9.17, 15) is 0 Å². The molecule has 3 heteroatoms. The number of benzene rings is 1. The number of halogens is 1. The summed E-state index contributed by atoms with van der Waals surface area (Å²) in [6.07, 6.45) is 5.89. The zero-order chi connectivity index (χ0) is 11.4. The van der Waals surface area contributed by atoms with Gasteiger partial charge in [0.1, 0.15) is 0 Å². The molecule has 0 amide bonds. The van der Waals surface area contributed by atoms with Crippen LogP contribution in [0.15, 0.2) is 23.2 Å². The lowest BCUT2D eigenvalue weighted by Gasteiger charge is -2.25. The molecule has 1 aromatic heterocycles. The van der Waals surface area contributed by atoms with E-state index < -0.39 is 0 Å². The standard InChI is InChI=1S/C15H16N2.ClH/c1-10-5-6-14-13(7-10)12-4-2-3-11-8-16-9-17(14)15(11)12;/h5-7,9,11H,2-4,8H2,1H3;1H. The maximum Gasteiger partial charge on any atom is 0.0938 e. The molecule has 0 spiro atoms. The van der Waals surface area contributed by atoms with Crippen molar-refractivity contribution >= 4 is 29.6 Å². The van der Waals surface area contributed by atoms with Crippen LogP contribution in [-0.4, -0.2) is 17.5 Å². The minimum absolute atomic E-state index is 0. The van der Waals surface area contributed by atoms with Crippen molar-refractivity contribution in [2.24, 2.45) is 4.99 Å². The number of aliphatic imine (C=N–C) groups is 1. The topological polar surface area (TPSA) is 17.3 Å². The van der Waals surface area contributed by atoms with Crippen molar-refractivity contribution in [2.45, 2.75) is 32.1 Å². The lowest BCUT2D eigenvalue weighted by molar-refractivity contribution is 0.538. The normalized spacial score (nSPS) is 20.6. The molecule has 2 aliphatic rings. The number of rotatable bonds is 0. The van der Waals surface area contributed by atoms with E-state index in [-0.39, 0.29) is 12.4 Å². The SMILES string of the molecule is Cc1ccc2c(c1)c1c3n2C=NCC3CCC1.Cl. The molecule has 2 heterocycles. The second kappa shape index (κ2) is 4.13. The zero-order valence-electron chi connectivity index (χ0n) is 10.5. The van der Waals surface area contributed by atoms with E-state index in [1.165, 1.54) is 35.7 Å². The van der Waals surface area contributed by atoms with Crippen molar-refractivity contribution in [1.29, 1.82) is 0 Å². The van der Waals surface area contributed by atoms with Gasteiger partial charge >= 0.3 is 0 Å². The van der Waals surface area contributed by atoms with E-state index >= 15 is 0 Å². The molecule has 0 fully saturated rings. The molecule has 0 saturated carbocycles. The van der Waals surface area contributed by atoms with Gasteiger partial charge in [-0.05, 0) is 43.9 Å². The number of aromatic nitrogens is 1. The van der Waals surface area contributed by atoms with Gasteiger partial charge < -0.3 is 4.57 Å². The Hall–Kier alpha value is -1.28. The fourth-order valence-corrected chi connectivity index (χ4v) is 3.44. The minimum atomic E-state index is 0. The van der Waals surface area contributed by atoms with Gasteiger partial charge in [-0.3, -0.25) is 4.99 Å². The van der Waals surface area contributed by atoms with Crippen LogP contribution in [0.25, 0.3) is 10.9 Å². The molecule has 0 saturated heterocycles. The number of fused-ring (bicyclic) bond motifs is 3. The summed E-state index contributed by atoms with van der Waals surface area (Å²) < 4.78 is 2.33. The third kappa shape index (κ3) is 1.45. The lowest BCUT2D eigenvalue weighted by atomic mass is 9.86. The van der Waals surface area contributed by atoms with E-state index in [4.69, 9.17) is 0 Å². The fraction of sp³-hybridized carbons (Fsp3) is 0.400. The second-order valence-corrected chi connectivity index (χ2v) is 5.32. The zero-order valence-corrected chi connectivity index (χ0v) is 11.3. The summed E-state index contributed by atoms with van der Waals surface area (Å²) in [6.45, 7) is 3.17. The Morgan fingerprint density at radius 1 is 1.33 bits per heavy atom. The molecule has 2 aromatic rings. The Morgan fingerprint density at radius 2 is 2.22 bits per heavy atom. The highest BCUT2D eigenvalue weighted by Gasteiger charge is 2.28. The number of hydrogen-bond acceptors (Lipinski definition) is 1. The van der Waals surface area contributed by atoms with E-state index in [1.54, 1.807) is 11.3 Å². The average Bonchev–Trinajstić information content (AvgIpc) is 2.67. The van der Waals surface area contributed by atoms with Crippen LogP contribution in [0.2, 0.25) is 0 Å². The molecule has 94 valence electrons. The Morgan fingerprint density at radius 3 is 3.11 bits per heavy atom. The smallest absolute Gasteiger partial charge is 0.0938 e. The molecule has 0 radical (unpaired) electrons. The van der Waals surface area contributed by atoms with E-state index in [0.29, 0.717) is 5.92 Å². The van der Waals surface area contributed by atoms with Crippen LogP contribution in [0.1, 0.15) is 35.6 Å². The maximum absolute atomic E-state index is 4.53. The van der Waals surface area contributed by atoms with Crippen LogP contribution in [0.4, 0.5) is 0 Å². The summed E-state index contributed by atoms with van der Waals surface area (Å²) in [6, 6.07) is 6.79. The van der Waals surface area contributed by atoms with Crippen molar-refractivity contribution in [1.82, 2.24) is 4.57 Å². The first kappa shape index (κ1) is 11.8. The molecule has 4 rings (SSSR count). The summed E-state index contributed by atoms with van der Waals surface area (Å²) >= 11 is 0. The molecule has 1 aliphatic heterocycles. The monoisotopic (exact) mass is 260 g/mol. The van der Waals surface area contributed by atoms with Gasteiger partial charge in [0.25, 0.3) is 0 Å². The lowest BCUT2D eigenvalue weighted by Crippen LogP contribution is -2.20. The number of hydrogen-bond donors (Lipinski definition) is 0. The van der Waals surface area contributed by atoms with Gasteiger partial charge in [-0.15, -0.1) is 12.4 Å². The fourth-order valence-electron chi connectivity index (χ4n) is 3.44. The van der Waals surface area contributed by atoms with Crippen LogP contribution in [0.5, 0.6) is 0 Å². The Kier molecular flexibility index (Phi) is 2.70. The largest absolute Gasteiger partial charge is 0.304 e. The highest BCUT2D eigenvalue weighted by molar-refractivity contribution is 5.92. The van der Waals surface area contributed by atoms with E-state index in [1.807, 2.05) is 6.34 Å². The van der Waals surface area contributed by atoms with Crippen molar-refractivity contribution in [3.05, 3.63) is 35.0 Å². The second-order valence-electron chi connectivity index (χ2n) is 5.32. The number of nitrogens with zero attached hydrogens (tertiary/aromatic N) is 2. The first-order valence-corrected chi connectivity index (χ1v) is 6.48. The van der Waals surface area contributed by atoms with Crippen LogP contribution in [-0.2, 0) is 6.42 Å². The molecule has 2 nitrogen and oxygen atoms in total. The van der Waals surface area contributed by atoms with Crippen LogP contribution in [0.3, 0.4) is 0 Å². The van der Waals surface area contributed by atoms with Crippen molar-refractivity contribution < 1.29 is 0 Å². The molecule has 1 atom stereocenters. The first-order valence-electron chi connectivity index (χ1n) is 6.48. The predicted octanol–water partition coefficient (Wildman–Crippen LogP) is 3.68. The molecule has 0 bridgehead atoms. The highest BCUT2D eigenvalue weighted by atomic mass is 35.5.